The number of nitrogens with one attached hydrogen (secondary N) is 1. The van der Waals surface area contributed by atoms with Gasteiger partial charge in [-0.25, -0.2) is 9.97 Å². The molecule has 0 aliphatic carbocycles. The van der Waals surface area contributed by atoms with E-state index in [4.69, 9.17) is 9.97 Å². The van der Waals surface area contributed by atoms with E-state index in [2.05, 4.69) is 66.2 Å². The van der Waals surface area contributed by atoms with Crippen molar-refractivity contribution in [3.05, 3.63) is 52.3 Å². The van der Waals surface area contributed by atoms with E-state index in [1.165, 1.54) is 17.0 Å². The topological polar surface area (TPSA) is 61.4 Å². The predicted octanol–water partition coefficient (Wildman–Crippen LogP) is 4.55. The van der Waals surface area contributed by atoms with Crippen LogP contribution in [0.5, 0.6) is 0 Å². The summed E-state index contributed by atoms with van der Waals surface area (Å²) in [5.74, 6) is 0.828. The third-order valence-corrected chi connectivity index (χ3v) is 7.46. The standard InChI is InChI=1S/C26H35N5OS/c1-18-21-19(2)28-25(26(3,4)5)29-24(21)33-22(18)23(32)27-12-9-13-30-14-16-31(17-15-30)20-10-7-6-8-11-20/h6-8,10-11H,9,12-17H2,1-5H3,(H,27,32). The average Bonchev–Trinajstić information content (AvgIpc) is 3.14. The zero-order valence-corrected chi connectivity index (χ0v) is 21.3. The first-order valence-electron chi connectivity index (χ1n) is 11.8. The lowest BCUT2D eigenvalue weighted by Gasteiger charge is -2.36. The number of carbonyl (C=O) groups excluding carboxylic acids is 1. The molecule has 0 atom stereocenters. The second kappa shape index (κ2) is 9.77. The van der Waals surface area contributed by atoms with Gasteiger partial charge in [-0.2, -0.15) is 0 Å². The molecule has 3 aromatic rings. The van der Waals surface area contributed by atoms with E-state index in [0.717, 1.165) is 71.3 Å². The van der Waals surface area contributed by atoms with Crippen LogP contribution in [0.4, 0.5) is 5.69 Å². The minimum Gasteiger partial charge on any atom is -0.369 e. The van der Waals surface area contributed by atoms with Gasteiger partial charge in [-0.15, -0.1) is 11.3 Å². The Morgan fingerprint density at radius 1 is 1.06 bits per heavy atom. The molecule has 0 radical (unpaired) electrons. The third kappa shape index (κ3) is 5.36. The normalized spacial score (nSPS) is 15.2. The van der Waals surface area contributed by atoms with Crippen LogP contribution < -0.4 is 10.2 Å². The minimum atomic E-state index is -0.119. The van der Waals surface area contributed by atoms with Crippen molar-refractivity contribution in [3.8, 4) is 0 Å². The van der Waals surface area contributed by atoms with Crippen LogP contribution in [-0.2, 0) is 5.41 Å². The molecule has 6 nitrogen and oxygen atoms in total. The van der Waals surface area contributed by atoms with Gasteiger partial charge in [0, 0.05) is 49.2 Å². The van der Waals surface area contributed by atoms with Crippen molar-refractivity contribution in [1.29, 1.82) is 0 Å². The van der Waals surface area contributed by atoms with E-state index in [1.807, 2.05) is 13.8 Å². The number of fused-ring (bicyclic) bond motifs is 1. The average molecular weight is 466 g/mol. The van der Waals surface area contributed by atoms with E-state index >= 15 is 0 Å². The van der Waals surface area contributed by atoms with Crippen molar-refractivity contribution in [2.24, 2.45) is 0 Å². The summed E-state index contributed by atoms with van der Waals surface area (Å²) in [7, 11) is 0. The smallest absolute Gasteiger partial charge is 0.261 e. The minimum absolute atomic E-state index is 0.00102. The fourth-order valence-corrected chi connectivity index (χ4v) is 5.49. The molecule has 1 aliphatic rings. The van der Waals surface area contributed by atoms with E-state index in [0.29, 0.717) is 6.54 Å². The Labute approximate surface area is 201 Å². The second-order valence-electron chi connectivity index (χ2n) is 9.89. The van der Waals surface area contributed by atoms with Crippen molar-refractivity contribution in [2.45, 2.75) is 46.5 Å². The van der Waals surface area contributed by atoms with Crippen LogP contribution in [-0.4, -0.2) is 60.0 Å². The van der Waals surface area contributed by atoms with Crippen molar-refractivity contribution in [1.82, 2.24) is 20.2 Å². The Morgan fingerprint density at radius 3 is 2.42 bits per heavy atom. The Bertz CT molecular complexity index is 1110. The van der Waals surface area contributed by atoms with Gasteiger partial charge < -0.3 is 10.2 Å². The molecule has 1 saturated heterocycles. The molecule has 1 fully saturated rings. The van der Waals surface area contributed by atoms with Crippen LogP contribution >= 0.6 is 11.3 Å². The number of thiophene rings is 1. The number of para-hydroxylation sites is 1. The lowest BCUT2D eigenvalue weighted by atomic mass is 9.95. The van der Waals surface area contributed by atoms with Gasteiger partial charge in [0.2, 0.25) is 0 Å². The molecule has 7 heteroatoms. The Kier molecular flexibility index (Phi) is 7.00. The van der Waals surface area contributed by atoms with E-state index in [9.17, 15) is 4.79 Å². The highest BCUT2D eigenvalue weighted by Gasteiger charge is 2.23. The van der Waals surface area contributed by atoms with Gasteiger partial charge >= 0.3 is 0 Å². The first kappa shape index (κ1) is 23.6. The Hall–Kier alpha value is -2.51. The number of anilines is 1. The quantitative estimate of drug-likeness (QED) is 0.541. The predicted molar refractivity (Wildman–Crippen MR) is 138 cm³/mol. The maximum atomic E-state index is 12.9. The number of benzene rings is 1. The molecular formula is C26H35N5OS. The highest BCUT2D eigenvalue weighted by molar-refractivity contribution is 7.20. The van der Waals surface area contributed by atoms with E-state index < -0.39 is 0 Å². The third-order valence-electron chi connectivity index (χ3n) is 6.28. The SMILES string of the molecule is Cc1nc(C(C)(C)C)nc2sc(C(=O)NCCCN3CCN(c4ccccc4)CC3)c(C)c12. The molecule has 1 amide bonds. The summed E-state index contributed by atoms with van der Waals surface area (Å²) in [6, 6.07) is 10.6. The number of hydrogen-bond acceptors (Lipinski definition) is 6. The van der Waals surface area contributed by atoms with Crippen LogP contribution in [0.15, 0.2) is 30.3 Å². The molecule has 4 rings (SSSR count). The van der Waals surface area contributed by atoms with Crippen LogP contribution in [0, 0.1) is 13.8 Å². The summed E-state index contributed by atoms with van der Waals surface area (Å²) < 4.78 is 0. The first-order valence-corrected chi connectivity index (χ1v) is 12.6. The molecule has 0 spiro atoms. The molecule has 33 heavy (non-hydrogen) atoms. The van der Waals surface area contributed by atoms with Crippen molar-refractivity contribution < 1.29 is 4.79 Å². The molecule has 1 aromatic carbocycles. The summed E-state index contributed by atoms with van der Waals surface area (Å²) in [5, 5.41) is 4.15. The number of piperazine rings is 1. The number of nitrogens with zero attached hydrogens (tertiary/aromatic N) is 4. The molecule has 3 heterocycles. The van der Waals surface area contributed by atoms with Crippen LogP contribution in [0.2, 0.25) is 0 Å². The highest BCUT2D eigenvalue weighted by atomic mass is 32.1. The lowest BCUT2D eigenvalue weighted by molar-refractivity contribution is 0.0955. The monoisotopic (exact) mass is 465 g/mol. The van der Waals surface area contributed by atoms with Gasteiger partial charge in [0.25, 0.3) is 5.91 Å². The number of hydrogen-bond donors (Lipinski definition) is 1. The number of aryl methyl sites for hydroxylation is 2. The summed E-state index contributed by atoms with van der Waals surface area (Å²) >= 11 is 1.48. The maximum absolute atomic E-state index is 12.9. The molecule has 0 saturated carbocycles. The Morgan fingerprint density at radius 2 is 1.76 bits per heavy atom. The van der Waals surface area contributed by atoms with Gasteiger partial charge in [0.1, 0.15) is 10.7 Å². The van der Waals surface area contributed by atoms with Gasteiger partial charge in [-0.1, -0.05) is 39.0 Å². The molecule has 0 unspecified atom stereocenters. The molecule has 176 valence electrons. The Balaban J connectivity index is 1.29. The molecule has 1 aliphatic heterocycles. The fourth-order valence-electron chi connectivity index (χ4n) is 4.34. The zero-order chi connectivity index (χ0) is 23.6. The molecule has 0 bridgehead atoms. The van der Waals surface area contributed by atoms with Crippen molar-refractivity contribution in [3.63, 3.8) is 0 Å². The summed E-state index contributed by atoms with van der Waals surface area (Å²) in [4.78, 5) is 29.0. The summed E-state index contributed by atoms with van der Waals surface area (Å²) in [5.41, 5.74) is 3.12. The molecule has 2 aromatic heterocycles. The largest absolute Gasteiger partial charge is 0.369 e. The van der Waals surface area contributed by atoms with Crippen LogP contribution in [0.25, 0.3) is 10.2 Å². The second-order valence-corrected chi connectivity index (χ2v) is 10.9. The van der Waals surface area contributed by atoms with Gasteiger partial charge in [0.15, 0.2) is 0 Å². The molecular weight excluding hydrogens is 430 g/mol. The lowest BCUT2D eigenvalue weighted by Crippen LogP contribution is -2.47. The van der Waals surface area contributed by atoms with Crippen molar-refractivity contribution in [2.75, 3.05) is 44.2 Å². The zero-order valence-electron chi connectivity index (χ0n) is 20.4. The summed E-state index contributed by atoms with van der Waals surface area (Å²) in [6.45, 7) is 16.3. The number of carbonyl (C=O) groups is 1. The van der Waals surface area contributed by atoms with Crippen molar-refractivity contribution >= 4 is 33.1 Å². The highest BCUT2D eigenvalue weighted by Crippen LogP contribution is 2.33. The fraction of sp³-hybridized carbons (Fsp3) is 0.500. The van der Waals surface area contributed by atoms with E-state index in [-0.39, 0.29) is 11.3 Å². The number of aromatic nitrogens is 2. The van der Waals surface area contributed by atoms with Gasteiger partial charge in [-0.05, 0) is 44.5 Å². The first-order chi connectivity index (χ1) is 15.7. The summed E-state index contributed by atoms with van der Waals surface area (Å²) in [6.07, 6.45) is 0.952. The van der Waals surface area contributed by atoms with Crippen LogP contribution in [0.1, 0.15) is 53.9 Å². The molecule has 1 N–H and O–H groups in total. The van der Waals surface area contributed by atoms with Gasteiger partial charge in [0.05, 0.1) is 10.6 Å². The maximum Gasteiger partial charge on any atom is 0.261 e. The van der Waals surface area contributed by atoms with Crippen LogP contribution in [0.3, 0.4) is 0 Å². The van der Waals surface area contributed by atoms with E-state index in [1.54, 1.807) is 0 Å². The number of amides is 1. The van der Waals surface area contributed by atoms with Gasteiger partial charge in [-0.3, -0.25) is 9.69 Å². The number of rotatable bonds is 6.